The van der Waals surface area contributed by atoms with E-state index in [1.54, 1.807) is 4.90 Å². The molecule has 0 radical (unpaired) electrons. The molecular weight excluding hydrogens is 227 g/mol. The second-order valence-corrected chi connectivity index (χ2v) is 4.05. The monoisotopic (exact) mass is 238 g/mol. The molecule has 2 aliphatic rings. The third kappa shape index (κ3) is 1.77. The van der Waals surface area contributed by atoms with Gasteiger partial charge in [0.1, 0.15) is 18.2 Å². The van der Waals surface area contributed by atoms with Crippen molar-refractivity contribution in [3.8, 4) is 5.88 Å². The van der Waals surface area contributed by atoms with Crippen LogP contribution >= 0.6 is 0 Å². The number of halogens is 1. The van der Waals surface area contributed by atoms with Crippen LogP contribution in [0.2, 0.25) is 0 Å². The molecule has 0 bridgehead atoms. The van der Waals surface area contributed by atoms with Crippen molar-refractivity contribution in [3.63, 3.8) is 0 Å². The normalized spacial score (nSPS) is 23.0. The van der Waals surface area contributed by atoms with Gasteiger partial charge in [-0.25, -0.2) is 9.37 Å². The maximum absolute atomic E-state index is 13.2. The molecule has 0 unspecified atom stereocenters. The van der Waals surface area contributed by atoms with E-state index in [-0.39, 0.29) is 12.5 Å². The lowest BCUT2D eigenvalue weighted by Gasteiger charge is -2.23. The minimum Gasteiger partial charge on any atom is -0.466 e. The van der Waals surface area contributed by atoms with E-state index in [0.717, 1.165) is 0 Å². The summed E-state index contributed by atoms with van der Waals surface area (Å²) in [4.78, 5) is 21.1. The zero-order chi connectivity index (χ0) is 11.8. The van der Waals surface area contributed by atoms with Crippen molar-refractivity contribution < 1.29 is 13.9 Å². The maximum Gasteiger partial charge on any atom is 0.262 e. The fourth-order valence-corrected chi connectivity index (χ4v) is 2.04. The SMILES string of the molecule is O=C1COc2ncnc(N3CC[C@@H](F)C3)c2N1. The summed E-state index contributed by atoms with van der Waals surface area (Å²) in [7, 11) is 0. The number of nitrogens with one attached hydrogen (secondary N) is 1. The first kappa shape index (κ1) is 10.2. The predicted octanol–water partition coefficient (Wildman–Crippen LogP) is 0.356. The third-order valence-electron chi connectivity index (χ3n) is 2.83. The van der Waals surface area contributed by atoms with Gasteiger partial charge in [0.15, 0.2) is 12.4 Å². The summed E-state index contributed by atoms with van der Waals surface area (Å²) in [6, 6.07) is 0. The average molecular weight is 238 g/mol. The van der Waals surface area contributed by atoms with Crippen molar-refractivity contribution in [2.24, 2.45) is 0 Å². The Morgan fingerprint density at radius 3 is 3.18 bits per heavy atom. The highest BCUT2D eigenvalue weighted by Crippen LogP contribution is 2.34. The number of alkyl halides is 1. The lowest BCUT2D eigenvalue weighted by Crippen LogP contribution is -2.30. The van der Waals surface area contributed by atoms with E-state index in [1.165, 1.54) is 6.33 Å². The van der Waals surface area contributed by atoms with Crippen LogP contribution in [0.15, 0.2) is 6.33 Å². The molecule has 1 amide bonds. The molecule has 0 aromatic carbocycles. The second-order valence-electron chi connectivity index (χ2n) is 4.05. The van der Waals surface area contributed by atoms with Gasteiger partial charge in [-0.2, -0.15) is 4.98 Å². The van der Waals surface area contributed by atoms with Gasteiger partial charge in [0, 0.05) is 6.54 Å². The number of rotatable bonds is 1. The first-order valence-corrected chi connectivity index (χ1v) is 5.40. The molecule has 6 nitrogen and oxygen atoms in total. The zero-order valence-corrected chi connectivity index (χ0v) is 9.02. The quantitative estimate of drug-likeness (QED) is 0.765. The van der Waals surface area contributed by atoms with E-state index in [4.69, 9.17) is 4.74 Å². The molecule has 90 valence electrons. The van der Waals surface area contributed by atoms with E-state index < -0.39 is 6.17 Å². The van der Waals surface area contributed by atoms with Gasteiger partial charge in [0.25, 0.3) is 5.91 Å². The Hall–Kier alpha value is -1.92. The summed E-state index contributed by atoms with van der Waals surface area (Å²) in [6.45, 7) is 0.828. The number of anilines is 2. The Labute approximate surface area is 96.8 Å². The van der Waals surface area contributed by atoms with Crippen LogP contribution in [-0.4, -0.2) is 41.7 Å². The largest absolute Gasteiger partial charge is 0.466 e. The second kappa shape index (κ2) is 3.83. The summed E-state index contributed by atoms with van der Waals surface area (Å²) in [5.41, 5.74) is 0.442. The molecule has 1 N–H and O–H groups in total. The number of ether oxygens (including phenoxy) is 1. The molecule has 0 spiro atoms. The Bertz CT molecular complexity index is 468. The average Bonchev–Trinajstić information content (AvgIpc) is 2.75. The number of hydrogen-bond acceptors (Lipinski definition) is 5. The first-order chi connectivity index (χ1) is 8.24. The van der Waals surface area contributed by atoms with Crippen LogP contribution in [0, 0.1) is 0 Å². The van der Waals surface area contributed by atoms with E-state index in [1.807, 2.05) is 0 Å². The Morgan fingerprint density at radius 1 is 1.53 bits per heavy atom. The van der Waals surface area contributed by atoms with Crippen molar-refractivity contribution in [2.45, 2.75) is 12.6 Å². The Morgan fingerprint density at radius 2 is 2.41 bits per heavy atom. The summed E-state index contributed by atoms with van der Waals surface area (Å²) >= 11 is 0. The lowest BCUT2D eigenvalue weighted by molar-refractivity contribution is -0.118. The highest BCUT2D eigenvalue weighted by molar-refractivity contribution is 5.98. The smallest absolute Gasteiger partial charge is 0.262 e. The molecule has 0 aliphatic carbocycles. The molecule has 2 aliphatic heterocycles. The standard InChI is InChI=1S/C10H11FN4O2/c11-6-1-2-15(3-6)9-8-10(13-5-12-9)17-4-7(16)14-8/h5-6H,1-4H2,(H,14,16)/t6-/m1/s1. The molecule has 17 heavy (non-hydrogen) atoms. The molecule has 3 heterocycles. The van der Waals surface area contributed by atoms with Crippen LogP contribution in [0.4, 0.5) is 15.9 Å². The van der Waals surface area contributed by atoms with Crippen LogP contribution in [0.1, 0.15) is 6.42 Å². The topological polar surface area (TPSA) is 67.3 Å². The predicted molar refractivity (Wildman–Crippen MR) is 57.9 cm³/mol. The third-order valence-corrected chi connectivity index (χ3v) is 2.83. The highest BCUT2D eigenvalue weighted by Gasteiger charge is 2.29. The van der Waals surface area contributed by atoms with E-state index in [9.17, 15) is 9.18 Å². The van der Waals surface area contributed by atoms with Gasteiger partial charge in [0.05, 0.1) is 6.54 Å². The van der Waals surface area contributed by atoms with Gasteiger partial charge in [0.2, 0.25) is 5.88 Å². The van der Waals surface area contributed by atoms with Gasteiger partial charge in [-0.05, 0) is 6.42 Å². The van der Waals surface area contributed by atoms with Crippen molar-refractivity contribution >= 4 is 17.4 Å². The van der Waals surface area contributed by atoms with Crippen LogP contribution in [0.25, 0.3) is 0 Å². The van der Waals surface area contributed by atoms with Crippen LogP contribution < -0.4 is 15.0 Å². The zero-order valence-electron chi connectivity index (χ0n) is 9.02. The molecule has 3 rings (SSSR count). The summed E-state index contributed by atoms with van der Waals surface area (Å²) in [5, 5.41) is 2.67. The van der Waals surface area contributed by atoms with E-state index in [0.29, 0.717) is 36.9 Å². The van der Waals surface area contributed by atoms with Gasteiger partial charge in [-0.15, -0.1) is 0 Å². The first-order valence-electron chi connectivity index (χ1n) is 5.40. The molecule has 1 aromatic rings. The fraction of sp³-hybridized carbons (Fsp3) is 0.500. The van der Waals surface area contributed by atoms with Gasteiger partial charge in [-0.1, -0.05) is 0 Å². The summed E-state index contributed by atoms with van der Waals surface area (Å²) in [6.07, 6.45) is 0.992. The van der Waals surface area contributed by atoms with Crippen LogP contribution in [0.5, 0.6) is 5.88 Å². The number of fused-ring (bicyclic) bond motifs is 1. The maximum atomic E-state index is 13.2. The van der Waals surface area contributed by atoms with Gasteiger partial charge < -0.3 is 15.0 Å². The number of carbonyl (C=O) groups excluding carboxylic acids is 1. The molecule has 0 saturated carbocycles. The Kier molecular flexibility index (Phi) is 2.31. The molecule has 1 atom stereocenters. The van der Waals surface area contributed by atoms with Crippen LogP contribution in [-0.2, 0) is 4.79 Å². The van der Waals surface area contributed by atoms with Crippen molar-refractivity contribution in [3.05, 3.63) is 6.33 Å². The van der Waals surface area contributed by atoms with Gasteiger partial charge in [-0.3, -0.25) is 4.79 Å². The Balaban J connectivity index is 1.97. The summed E-state index contributed by atoms with van der Waals surface area (Å²) < 4.78 is 18.3. The van der Waals surface area contributed by atoms with E-state index >= 15 is 0 Å². The van der Waals surface area contributed by atoms with Gasteiger partial charge >= 0.3 is 0 Å². The molecular formula is C10H11FN4O2. The minimum absolute atomic E-state index is 0.0464. The van der Waals surface area contributed by atoms with Crippen molar-refractivity contribution in [1.29, 1.82) is 0 Å². The highest BCUT2D eigenvalue weighted by atomic mass is 19.1. The molecule has 1 fully saturated rings. The molecule has 1 aromatic heterocycles. The van der Waals surface area contributed by atoms with Crippen molar-refractivity contribution in [1.82, 2.24) is 9.97 Å². The number of aromatic nitrogens is 2. The summed E-state index contributed by atoms with van der Waals surface area (Å²) in [5.74, 6) is 0.629. The number of carbonyl (C=O) groups is 1. The molecule has 7 heteroatoms. The van der Waals surface area contributed by atoms with Crippen LogP contribution in [0.3, 0.4) is 0 Å². The number of nitrogens with zero attached hydrogens (tertiary/aromatic N) is 3. The number of amides is 1. The minimum atomic E-state index is -0.846. The molecule has 1 saturated heterocycles. The lowest BCUT2D eigenvalue weighted by atomic mass is 10.3. The van der Waals surface area contributed by atoms with Crippen molar-refractivity contribution in [2.75, 3.05) is 29.9 Å². The van der Waals surface area contributed by atoms with E-state index in [2.05, 4.69) is 15.3 Å². The fourth-order valence-electron chi connectivity index (χ4n) is 2.04. The number of hydrogen-bond donors (Lipinski definition) is 1.